The Morgan fingerprint density at radius 2 is 1.92 bits per heavy atom. The van der Waals surface area contributed by atoms with E-state index in [-0.39, 0.29) is 0 Å². The number of ether oxygens (including phenoxy) is 2. The van der Waals surface area contributed by atoms with Crippen LogP contribution in [0.2, 0.25) is 5.02 Å². The normalized spacial score (nSPS) is 11.4. The Kier molecular flexibility index (Phi) is 5.66. The van der Waals surface area contributed by atoms with Gasteiger partial charge in [0.25, 0.3) is 0 Å². The molecule has 3 rings (SSSR count). The minimum atomic E-state index is 0.514. The Labute approximate surface area is 159 Å². The van der Waals surface area contributed by atoms with Crippen LogP contribution in [0.4, 0.5) is 0 Å². The topological polar surface area (TPSA) is 44.5 Å². The number of benzene rings is 2. The summed E-state index contributed by atoms with van der Waals surface area (Å²) >= 11 is 9.51. The van der Waals surface area contributed by atoms with Crippen molar-refractivity contribution in [3.63, 3.8) is 0 Å². The number of halogens is 2. The Bertz CT molecular complexity index is 920. The van der Waals surface area contributed by atoms with Gasteiger partial charge >= 0.3 is 0 Å². The molecule has 0 unspecified atom stereocenters. The van der Waals surface area contributed by atoms with Gasteiger partial charge < -0.3 is 13.9 Å². The summed E-state index contributed by atoms with van der Waals surface area (Å²) in [5.41, 5.74) is 2.38. The van der Waals surface area contributed by atoms with Gasteiger partial charge in [-0.1, -0.05) is 11.6 Å². The lowest BCUT2D eigenvalue weighted by molar-refractivity contribution is 0.286. The largest absolute Gasteiger partial charge is 0.490 e. The fourth-order valence-electron chi connectivity index (χ4n) is 2.39. The molecule has 0 aliphatic rings. The molecule has 0 aliphatic carbocycles. The number of fused-ring (bicyclic) bond motifs is 1. The number of oxazole rings is 1. The monoisotopic (exact) mass is 421 g/mol. The average molecular weight is 423 g/mol. The summed E-state index contributed by atoms with van der Waals surface area (Å²) in [6.45, 7) is 5.01. The molecule has 0 amide bonds. The van der Waals surface area contributed by atoms with Gasteiger partial charge in [0.05, 0.1) is 17.7 Å². The molecule has 0 bridgehead atoms. The SMILES string of the molecule is CCOc1cc(/C=C/c2nc3cc(Cl)ccc3o2)cc(Br)c1OCC. The van der Waals surface area contributed by atoms with Gasteiger partial charge in [-0.05, 0) is 71.7 Å². The summed E-state index contributed by atoms with van der Waals surface area (Å²) in [6, 6.07) is 9.25. The molecule has 0 saturated heterocycles. The molecule has 25 heavy (non-hydrogen) atoms. The molecule has 4 nitrogen and oxygen atoms in total. The highest BCUT2D eigenvalue weighted by molar-refractivity contribution is 9.10. The van der Waals surface area contributed by atoms with Crippen molar-refractivity contribution in [1.29, 1.82) is 0 Å². The van der Waals surface area contributed by atoms with Crippen LogP contribution in [0.25, 0.3) is 23.3 Å². The lowest BCUT2D eigenvalue weighted by Gasteiger charge is -2.13. The van der Waals surface area contributed by atoms with E-state index >= 15 is 0 Å². The van der Waals surface area contributed by atoms with Crippen LogP contribution < -0.4 is 9.47 Å². The van der Waals surface area contributed by atoms with Crippen LogP contribution in [-0.4, -0.2) is 18.2 Å². The van der Waals surface area contributed by atoms with E-state index in [1.165, 1.54) is 0 Å². The Morgan fingerprint density at radius 1 is 1.12 bits per heavy atom. The van der Waals surface area contributed by atoms with Crippen molar-refractivity contribution >= 4 is 50.8 Å². The highest BCUT2D eigenvalue weighted by atomic mass is 79.9. The van der Waals surface area contributed by atoms with Gasteiger partial charge in [-0.2, -0.15) is 0 Å². The summed E-state index contributed by atoms with van der Waals surface area (Å²) in [5.74, 6) is 1.92. The lowest BCUT2D eigenvalue weighted by atomic mass is 10.2. The van der Waals surface area contributed by atoms with Gasteiger partial charge in [0.15, 0.2) is 17.1 Å². The predicted octanol–water partition coefficient (Wildman–Crippen LogP) is 6.21. The van der Waals surface area contributed by atoms with E-state index in [0.717, 1.165) is 15.6 Å². The molecule has 0 fully saturated rings. The summed E-state index contributed by atoms with van der Waals surface area (Å²) in [6.07, 6.45) is 3.72. The number of rotatable bonds is 6. The molecule has 3 aromatic rings. The second-order valence-corrected chi connectivity index (χ2v) is 6.48. The van der Waals surface area contributed by atoms with Crippen molar-refractivity contribution in [3.05, 3.63) is 51.3 Å². The number of hydrogen-bond acceptors (Lipinski definition) is 4. The minimum absolute atomic E-state index is 0.514. The molecule has 0 radical (unpaired) electrons. The van der Waals surface area contributed by atoms with Gasteiger partial charge in [-0.3, -0.25) is 0 Å². The molecule has 0 N–H and O–H groups in total. The van der Waals surface area contributed by atoms with Gasteiger partial charge in [-0.15, -0.1) is 0 Å². The average Bonchev–Trinajstić information content (AvgIpc) is 2.98. The smallest absolute Gasteiger partial charge is 0.220 e. The molecule has 6 heteroatoms. The third-order valence-electron chi connectivity index (χ3n) is 3.40. The molecule has 0 saturated carbocycles. The summed E-state index contributed by atoms with van der Waals surface area (Å²) in [7, 11) is 0. The Balaban J connectivity index is 1.91. The first kappa shape index (κ1) is 17.8. The first-order valence-corrected chi connectivity index (χ1v) is 9.11. The molecular weight excluding hydrogens is 406 g/mol. The maximum absolute atomic E-state index is 5.98. The van der Waals surface area contributed by atoms with Crippen LogP contribution in [-0.2, 0) is 0 Å². The van der Waals surface area contributed by atoms with Crippen molar-refractivity contribution < 1.29 is 13.9 Å². The van der Waals surface area contributed by atoms with Crippen LogP contribution in [0.5, 0.6) is 11.5 Å². The molecule has 0 aliphatic heterocycles. The number of nitrogens with zero attached hydrogens (tertiary/aromatic N) is 1. The standard InChI is InChI=1S/C19H17BrClNO3/c1-3-23-17-10-12(9-14(20)19(17)24-4-2)5-8-18-22-15-11-13(21)6-7-16(15)25-18/h5-11H,3-4H2,1-2H3/b8-5+. The molecule has 1 aromatic heterocycles. The summed E-state index contributed by atoms with van der Waals surface area (Å²) < 4.78 is 17.9. The first-order valence-electron chi connectivity index (χ1n) is 7.94. The first-order chi connectivity index (χ1) is 12.1. The van der Waals surface area contributed by atoms with Crippen molar-refractivity contribution in [2.45, 2.75) is 13.8 Å². The highest BCUT2D eigenvalue weighted by Crippen LogP contribution is 2.37. The van der Waals surface area contributed by atoms with Crippen LogP contribution in [0.1, 0.15) is 25.3 Å². The maximum atomic E-state index is 5.98. The Hall–Kier alpha value is -1.98. The summed E-state index contributed by atoms with van der Waals surface area (Å²) in [4.78, 5) is 4.41. The molecule has 1 heterocycles. The molecule has 130 valence electrons. The zero-order valence-electron chi connectivity index (χ0n) is 13.9. The highest BCUT2D eigenvalue weighted by Gasteiger charge is 2.11. The minimum Gasteiger partial charge on any atom is -0.490 e. The van der Waals surface area contributed by atoms with E-state index in [9.17, 15) is 0 Å². The number of hydrogen-bond donors (Lipinski definition) is 0. The van der Waals surface area contributed by atoms with Crippen molar-refractivity contribution in [2.24, 2.45) is 0 Å². The lowest BCUT2D eigenvalue weighted by Crippen LogP contribution is -1.99. The third-order valence-corrected chi connectivity index (χ3v) is 4.23. The van der Waals surface area contributed by atoms with E-state index in [2.05, 4.69) is 20.9 Å². The second kappa shape index (κ2) is 7.93. The van der Waals surface area contributed by atoms with Crippen molar-refractivity contribution in [3.8, 4) is 11.5 Å². The fraction of sp³-hybridized carbons (Fsp3) is 0.211. The van der Waals surface area contributed by atoms with Crippen molar-refractivity contribution in [1.82, 2.24) is 4.98 Å². The van der Waals surface area contributed by atoms with Crippen LogP contribution in [0, 0.1) is 0 Å². The van der Waals surface area contributed by atoms with Gasteiger partial charge in [-0.25, -0.2) is 4.98 Å². The molecule has 2 aromatic carbocycles. The molecular formula is C19H17BrClNO3. The zero-order chi connectivity index (χ0) is 17.8. The van der Waals surface area contributed by atoms with E-state index in [4.69, 9.17) is 25.5 Å². The van der Waals surface area contributed by atoms with Gasteiger partial charge in [0, 0.05) is 11.1 Å². The van der Waals surface area contributed by atoms with Crippen LogP contribution in [0.3, 0.4) is 0 Å². The van der Waals surface area contributed by atoms with Crippen molar-refractivity contribution in [2.75, 3.05) is 13.2 Å². The Morgan fingerprint density at radius 3 is 2.68 bits per heavy atom. The third kappa shape index (κ3) is 4.17. The van der Waals surface area contributed by atoms with Gasteiger partial charge in [0.1, 0.15) is 5.52 Å². The maximum Gasteiger partial charge on any atom is 0.220 e. The van der Waals surface area contributed by atoms with Crippen LogP contribution in [0.15, 0.2) is 39.2 Å². The van der Waals surface area contributed by atoms with Gasteiger partial charge in [0.2, 0.25) is 5.89 Å². The zero-order valence-corrected chi connectivity index (χ0v) is 16.2. The quantitative estimate of drug-likeness (QED) is 0.473. The second-order valence-electron chi connectivity index (χ2n) is 5.19. The van der Waals surface area contributed by atoms with Crippen LogP contribution >= 0.6 is 27.5 Å². The summed E-state index contributed by atoms with van der Waals surface area (Å²) in [5, 5.41) is 0.633. The predicted molar refractivity (Wildman–Crippen MR) is 104 cm³/mol. The van der Waals surface area contributed by atoms with E-state index in [1.807, 2.05) is 44.2 Å². The van der Waals surface area contributed by atoms with E-state index < -0.39 is 0 Å². The number of aromatic nitrogens is 1. The van der Waals surface area contributed by atoms with E-state index in [0.29, 0.717) is 41.2 Å². The molecule has 0 atom stereocenters. The fourth-order valence-corrected chi connectivity index (χ4v) is 3.13. The van der Waals surface area contributed by atoms with E-state index in [1.54, 1.807) is 12.1 Å². The molecule has 0 spiro atoms.